The fourth-order valence-corrected chi connectivity index (χ4v) is 2.38. The molecular formula is C14H16IN3. The molecule has 0 bridgehead atoms. The molecule has 3 nitrogen and oxygen atoms in total. The third kappa shape index (κ3) is 2.98. The number of nitrogens with zero attached hydrogens (tertiary/aromatic N) is 2. The highest BCUT2D eigenvalue weighted by Gasteiger charge is 2.08. The van der Waals surface area contributed by atoms with Gasteiger partial charge in [-0.3, -0.25) is 0 Å². The van der Waals surface area contributed by atoms with Gasteiger partial charge in [-0.25, -0.2) is 9.97 Å². The van der Waals surface area contributed by atoms with Gasteiger partial charge in [0, 0.05) is 13.5 Å². The molecular weight excluding hydrogens is 337 g/mol. The first-order chi connectivity index (χ1) is 8.60. The molecule has 2 rings (SSSR count). The van der Waals surface area contributed by atoms with Crippen LogP contribution in [0.15, 0.2) is 24.3 Å². The van der Waals surface area contributed by atoms with Gasteiger partial charge in [-0.2, -0.15) is 0 Å². The smallest absolute Gasteiger partial charge is 0.143 e. The van der Waals surface area contributed by atoms with Crippen LogP contribution in [0, 0.1) is 17.4 Å². The second-order valence-electron chi connectivity index (χ2n) is 4.30. The predicted molar refractivity (Wildman–Crippen MR) is 83.0 cm³/mol. The standard InChI is InChI=1S/C14H16IN3/c1-9-5-4-6-11(7-9)8-12-17-10(2)13(15)14(16-3)18-12/h4-7H,8H2,1-3H3,(H,16,17,18). The Morgan fingerprint density at radius 2 is 2.00 bits per heavy atom. The van der Waals surface area contributed by atoms with Crippen LogP contribution in [-0.2, 0) is 6.42 Å². The lowest BCUT2D eigenvalue weighted by atomic mass is 10.1. The van der Waals surface area contributed by atoms with E-state index in [1.54, 1.807) is 0 Å². The molecule has 4 heteroatoms. The molecule has 94 valence electrons. The van der Waals surface area contributed by atoms with Gasteiger partial charge >= 0.3 is 0 Å². The van der Waals surface area contributed by atoms with Crippen molar-refractivity contribution in [2.24, 2.45) is 0 Å². The number of aryl methyl sites for hydroxylation is 2. The highest BCUT2D eigenvalue weighted by atomic mass is 127. The van der Waals surface area contributed by atoms with Crippen molar-refractivity contribution in [2.75, 3.05) is 12.4 Å². The molecule has 1 heterocycles. The van der Waals surface area contributed by atoms with Gasteiger partial charge in [0.25, 0.3) is 0 Å². The average molecular weight is 353 g/mol. The van der Waals surface area contributed by atoms with E-state index in [4.69, 9.17) is 0 Å². The summed E-state index contributed by atoms with van der Waals surface area (Å²) in [5.41, 5.74) is 3.54. The Kier molecular flexibility index (Phi) is 4.16. The van der Waals surface area contributed by atoms with Gasteiger partial charge in [-0.15, -0.1) is 0 Å². The Balaban J connectivity index is 2.32. The van der Waals surface area contributed by atoms with Gasteiger partial charge < -0.3 is 5.32 Å². The molecule has 0 radical (unpaired) electrons. The molecule has 0 aliphatic heterocycles. The third-order valence-electron chi connectivity index (χ3n) is 2.74. The van der Waals surface area contributed by atoms with E-state index in [1.807, 2.05) is 14.0 Å². The average Bonchev–Trinajstić information content (AvgIpc) is 2.33. The zero-order valence-corrected chi connectivity index (χ0v) is 12.9. The number of anilines is 1. The molecule has 0 fully saturated rings. The first-order valence-corrected chi connectivity index (χ1v) is 6.94. The number of halogens is 1. The first kappa shape index (κ1) is 13.3. The molecule has 2 aromatic rings. The van der Waals surface area contributed by atoms with Gasteiger partial charge in [-0.1, -0.05) is 29.8 Å². The van der Waals surface area contributed by atoms with E-state index in [1.165, 1.54) is 11.1 Å². The molecule has 1 N–H and O–H groups in total. The van der Waals surface area contributed by atoms with E-state index < -0.39 is 0 Å². The molecule has 0 atom stereocenters. The number of rotatable bonds is 3. The first-order valence-electron chi connectivity index (χ1n) is 5.86. The second-order valence-corrected chi connectivity index (χ2v) is 5.38. The van der Waals surface area contributed by atoms with E-state index in [2.05, 4.69) is 69.1 Å². The van der Waals surface area contributed by atoms with Crippen molar-refractivity contribution in [3.63, 3.8) is 0 Å². The summed E-state index contributed by atoms with van der Waals surface area (Å²) in [4.78, 5) is 9.09. The summed E-state index contributed by atoms with van der Waals surface area (Å²) in [6.45, 7) is 4.12. The van der Waals surface area contributed by atoms with Crippen molar-refractivity contribution in [1.29, 1.82) is 0 Å². The monoisotopic (exact) mass is 353 g/mol. The number of hydrogen-bond donors (Lipinski definition) is 1. The summed E-state index contributed by atoms with van der Waals surface area (Å²) < 4.78 is 1.09. The summed E-state index contributed by atoms with van der Waals surface area (Å²) in [5.74, 6) is 1.77. The lowest BCUT2D eigenvalue weighted by Crippen LogP contribution is -2.06. The molecule has 1 aromatic carbocycles. The lowest BCUT2D eigenvalue weighted by molar-refractivity contribution is 0.934. The van der Waals surface area contributed by atoms with E-state index in [-0.39, 0.29) is 0 Å². The van der Waals surface area contributed by atoms with Crippen LogP contribution >= 0.6 is 22.6 Å². The van der Waals surface area contributed by atoms with Crippen LogP contribution in [0.4, 0.5) is 5.82 Å². The largest absolute Gasteiger partial charge is 0.372 e. The Labute approximate surface area is 121 Å². The molecule has 0 unspecified atom stereocenters. The van der Waals surface area contributed by atoms with Gasteiger partial charge in [0.05, 0.1) is 9.26 Å². The Morgan fingerprint density at radius 3 is 2.67 bits per heavy atom. The molecule has 0 aliphatic carbocycles. The van der Waals surface area contributed by atoms with Crippen molar-refractivity contribution < 1.29 is 0 Å². The molecule has 0 aliphatic rings. The molecule has 1 aromatic heterocycles. The Morgan fingerprint density at radius 1 is 1.22 bits per heavy atom. The quantitative estimate of drug-likeness (QED) is 0.861. The topological polar surface area (TPSA) is 37.8 Å². The minimum Gasteiger partial charge on any atom is -0.372 e. The minimum absolute atomic E-state index is 0.772. The van der Waals surface area contributed by atoms with Gasteiger partial charge in [0.1, 0.15) is 11.6 Å². The molecule has 18 heavy (non-hydrogen) atoms. The maximum absolute atomic E-state index is 4.55. The summed E-state index contributed by atoms with van der Waals surface area (Å²) in [6.07, 6.45) is 0.772. The number of aromatic nitrogens is 2. The van der Waals surface area contributed by atoms with Crippen molar-refractivity contribution in [3.05, 3.63) is 50.5 Å². The maximum atomic E-state index is 4.55. The number of benzene rings is 1. The minimum atomic E-state index is 0.772. The molecule has 0 saturated heterocycles. The highest BCUT2D eigenvalue weighted by Crippen LogP contribution is 2.19. The van der Waals surface area contributed by atoms with Crippen molar-refractivity contribution in [2.45, 2.75) is 20.3 Å². The summed E-state index contributed by atoms with van der Waals surface area (Å²) in [5, 5.41) is 3.12. The summed E-state index contributed by atoms with van der Waals surface area (Å²) >= 11 is 2.27. The maximum Gasteiger partial charge on any atom is 0.143 e. The normalized spacial score (nSPS) is 10.4. The fraction of sp³-hybridized carbons (Fsp3) is 0.286. The molecule has 0 amide bonds. The van der Waals surface area contributed by atoms with Gasteiger partial charge in [0.15, 0.2) is 0 Å². The zero-order chi connectivity index (χ0) is 13.1. The highest BCUT2D eigenvalue weighted by molar-refractivity contribution is 14.1. The third-order valence-corrected chi connectivity index (χ3v) is 4.04. The van der Waals surface area contributed by atoms with Gasteiger partial charge in [-0.05, 0) is 42.0 Å². The van der Waals surface area contributed by atoms with Crippen LogP contribution in [0.5, 0.6) is 0 Å². The van der Waals surface area contributed by atoms with Crippen LogP contribution in [0.2, 0.25) is 0 Å². The summed E-state index contributed by atoms with van der Waals surface area (Å²) in [6, 6.07) is 8.46. The van der Waals surface area contributed by atoms with E-state index in [0.717, 1.165) is 27.3 Å². The second kappa shape index (κ2) is 5.65. The van der Waals surface area contributed by atoms with Crippen LogP contribution in [0.3, 0.4) is 0 Å². The van der Waals surface area contributed by atoms with E-state index in [0.29, 0.717) is 0 Å². The van der Waals surface area contributed by atoms with Crippen LogP contribution in [0.1, 0.15) is 22.6 Å². The lowest BCUT2D eigenvalue weighted by Gasteiger charge is -2.09. The zero-order valence-electron chi connectivity index (χ0n) is 10.8. The molecule has 0 saturated carbocycles. The molecule has 0 spiro atoms. The summed E-state index contributed by atoms with van der Waals surface area (Å²) in [7, 11) is 1.89. The Hall–Kier alpha value is -1.17. The van der Waals surface area contributed by atoms with Crippen molar-refractivity contribution in [3.8, 4) is 0 Å². The van der Waals surface area contributed by atoms with Gasteiger partial charge in [0.2, 0.25) is 0 Å². The fourth-order valence-electron chi connectivity index (χ4n) is 1.87. The Bertz CT molecular complexity index is 567. The van der Waals surface area contributed by atoms with Crippen LogP contribution < -0.4 is 5.32 Å². The van der Waals surface area contributed by atoms with Crippen molar-refractivity contribution in [1.82, 2.24) is 9.97 Å². The number of hydrogen-bond acceptors (Lipinski definition) is 3. The van der Waals surface area contributed by atoms with Crippen LogP contribution in [-0.4, -0.2) is 17.0 Å². The van der Waals surface area contributed by atoms with Crippen molar-refractivity contribution >= 4 is 28.4 Å². The SMILES string of the molecule is CNc1nc(Cc2cccc(C)c2)nc(C)c1I. The van der Waals surface area contributed by atoms with Crippen LogP contribution in [0.25, 0.3) is 0 Å². The number of nitrogens with one attached hydrogen (secondary N) is 1. The van der Waals surface area contributed by atoms with E-state index in [9.17, 15) is 0 Å². The predicted octanol–water partition coefficient (Wildman–Crippen LogP) is 3.33. The van der Waals surface area contributed by atoms with E-state index >= 15 is 0 Å².